The Kier molecular flexibility index (Phi) is 6.42. The monoisotopic (exact) mass is 320 g/mol. The minimum Gasteiger partial charge on any atom is -0.493 e. The van der Waals surface area contributed by atoms with E-state index in [0.29, 0.717) is 13.2 Å². The molecule has 1 aromatic rings. The summed E-state index contributed by atoms with van der Waals surface area (Å²) in [7, 11) is 3.48. The first-order valence-corrected chi connectivity index (χ1v) is 8.29. The average Bonchev–Trinajstić information content (AvgIpc) is 2.59. The van der Waals surface area contributed by atoms with Gasteiger partial charge in [0, 0.05) is 20.7 Å². The summed E-state index contributed by atoms with van der Waals surface area (Å²) < 4.78 is 11.4. The van der Waals surface area contributed by atoms with Gasteiger partial charge in [-0.05, 0) is 50.9 Å². The fraction of sp³-hybridized carbons (Fsp3) is 0.611. The summed E-state index contributed by atoms with van der Waals surface area (Å²) in [6.07, 6.45) is 2.26. The van der Waals surface area contributed by atoms with Gasteiger partial charge < -0.3 is 19.7 Å². The quantitative estimate of drug-likeness (QED) is 0.781. The number of rotatable bonds is 7. The van der Waals surface area contributed by atoms with Crippen LogP contribution in [-0.4, -0.2) is 56.8 Å². The smallest absolute Gasteiger partial charge is 0.254 e. The first-order chi connectivity index (χ1) is 11.1. The third-order valence-corrected chi connectivity index (χ3v) is 4.53. The molecule has 0 aliphatic carbocycles. The van der Waals surface area contributed by atoms with Gasteiger partial charge in [-0.15, -0.1) is 0 Å². The van der Waals surface area contributed by atoms with E-state index < -0.39 is 5.60 Å². The highest BCUT2D eigenvalue weighted by molar-refractivity contribution is 5.85. The van der Waals surface area contributed by atoms with Gasteiger partial charge in [0.2, 0.25) is 0 Å². The molecule has 0 spiro atoms. The zero-order chi connectivity index (χ0) is 16.7. The van der Waals surface area contributed by atoms with Crippen molar-refractivity contribution in [3.8, 4) is 5.75 Å². The first kappa shape index (κ1) is 17.8. The highest BCUT2D eigenvalue weighted by atomic mass is 16.5. The molecule has 1 fully saturated rings. The standard InChI is InChI=1S/C18H28N2O3/c1-15-7-4-5-8-16(15)23-14-6-13-20(2)17(21)18(22-3)9-11-19-12-10-18/h4-5,7-8,19H,6,9-14H2,1-3H3. The van der Waals surface area contributed by atoms with E-state index in [4.69, 9.17) is 9.47 Å². The van der Waals surface area contributed by atoms with Crippen molar-refractivity contribution in [2.45, 2.75) is 31.8 Å². The number of nitrogens with one attached hydrogen (secondary N) is 1. The second kappa shape index (κ2) is 8.31. The summed E-state index contributed by atoms with van der Waals surface area (Å²) in [6, 6.07) is 7.97. The van der Waals surface area contributed by atoms with Gasteiger partial charge in [-0.1, -0.05) is 18.2 Å². The normalized spacial score (nSPS) is 16.8. The fourth-order valence-corrected chi connectivity index (χ4v) is 2.99. The summed E-state index contributed by atoms with van der Waals surface area (Å²) >= 11 is 0. The van der Waals surface area contributed by atoms with Gasteiger partial charge >= 0.3 is 0 Å². The second-order valence-electron chi connectivity index (χ2n) is 6.14. The van der Waals surface area contributed by atoms with Crippen LogP contribution in [0.15, 0.2) is 24.3 Å². The average molecular weight is 320 g/mol. The van der Waals surface area contributed by atoms with Gasteiger partial charge in [-0.2, -0.15) is 0 Å². The minimum atomic E-state index is -0.656. The maximum absolute atomic E-state index is 12.7. The summed E-state index contributed by atoms with van der Waals surface area (Å²) in [5.74, 6) is 0.991. The van der Waals surface area contributed by atoms with E-state index >= 15 is 0 Å². The van der Waals surface area contributed by atoms with Gasteiger partial charge in [0.15, 0.2) is 0 Å². The second-order valence-corrected chi connectivity index (χ2v) is 6.14. The lowest BCUT2D eigenvalue weighted by molar-refractivity contribution is -0.157. The van der Waals surface area contributed by atoms with Gasteiger partial charge in [0.25, 0.3) is 5.91 Å². The van der Waals surface area contributed by atoms with Gasteiger partial charge in [0.05, 0.1) is 6.61 Å². The van der Waals surface area contributed by atoms with E-state index in [9.17, 15) is 4.79 Å². The molecule has 0 atom stereocenters. The summed E-state index contributed by atoms with van der Waals surface area (Å²) in [6.45, 7) is 4.95. The number of para-hydroxylation sites is 1. The number of likely N-dealkylation sites (N-methyl/N-ethyl adjacent to an activating group) is 1. The van der Waals surface area contributed by atoms with Crippen molar-refractivity contribution >= 4 is 5.91 Å². The number of amides is 1. The molecule has 128 valence electrons. The van der Waals surface area contributed by atoms with Crippen LogP contribution in [-0.2, 0) is 9.53 Å². The molecule has 0 saturated carbocycles. The van der Waals surface area contributed by atoms with Crippen LogP contribution in [0.5, 0.6) is 5.75 Å². The molecular formula is C18H28N2O3. The van der Waals surface area contributed by atoms with Crippen molar-refractivity contribution in [1.29, 1.82) is 0 Å². The lowest BCUT2D eigenvalue weighted by atomic mass is 9.90. The molecule has 0 unspecified atom stereocenters. The van der Waals surface area contributed by atoms with E-state index in [1.807, 2.05) is 38.2 Å². The number of nitrogens with zero attached hydrogens (tertiary/aromatic N) is 1. The van der Waals surface area contributed by atoms with E-state index in [1.165, 1.54) is 0 Å². The third kappa shape index (κ3) is 4.45. The summed E-state index contributed by atoms with van der Waals surface area (Å²) in [5, 5.41) is 3.27. The zero-order valence-electron chi connectivity index (χ0n) is 14.4. The Morgan fingerprint density at radius 3 is 2.65 bits per heavy atom. The van der Waals surface area contributed by atoms with Gasteiger partial charge in [-0.3, -0.25) is 4.79 Å². The van der Waals surface area contributed by atoms with Crippen LogP contribution in [0, 0.1) is 6.92 Å². The van der Waals surface area contributed by atoms with Crippen LogP contribution >= 0.6 is 0 Å². The predicted octanol–water partition coefficient (Wildman–Crippen LogP) is 1.99. The van der Waals surface area contributed by atoms with Crippen molar-refractivity contribution in [3.63, 3.8) is 0 Å². The number of aryl methyl sites for hydroxylation is 1. The van der Waals surface area contributed by atoms with Crippen LogP contribution < -0.4 is 10.1 Å². The number of carbonyl (C=O) groups excluding carboxylic acids is 1. The molecule has 0 radical (unpaired) electrons. The first-order valence-electron chi connectivity index (χ1n) is 8.29. The lowest BCUT2D eigenvalue weighted by Gasteiger charge is -2.37. The maximum Gasteiger partial charge on any atom is 0.254 e. The molecule has 0 bridgehead atoms. The summed E-state index contributed by atoms with van der Waals surface area (Å²) in [4.78, 5) is 14.5. The van der Waals surface area contributed by atoms with Gasteiger partial charge in [-0.25, -0.2) is 0 Å². The van der Waals surface area contributed by atoms with Gasteiger partial charge in [0.1, 0.15) is 11.4 Å². The van der Waals surface area contributed by atoms with E-state index in [2.05, 4.69) is 5.32 Å². The van der Waals surface area contributed by atoms with Crippen LogP contribution in [0.25, 0.3) is 0 Å². The molecule has 1 aliphatic rings. The molecular weight excluding hydrogens is 292 g/mol. The van der Waals surface area contributed by atoms with E-state index in [0.717, 1.165) is 43.7 Å². The van der Waals surface area contributed by atoms with Crippen LogP contribution in [0.2, 0.25) is 0 Å². The predicted molar refractivity (Wildman–Crippen MR) is 90.8 cm³/mol. The molecule has 1 saturated heterocycles. The number of piperidine rings is 1. The number of hydrogen-bond donors (Lipinski definition) is 1. The number of benzene rings is 1. The number of ether oxygens (including phenoxy) is 2. The number of methoxy groups -OCH3 is 1. The largest absolute Gasteiger partial charge is 0.493 e. The third-order valence-electron chi connectivity index (χ3n) is 4.53. The molecule has 0 aromatic heterocycles. The molecule has 1 aromatic carbocycles. The molecule has 1 N–H and O–H groups in total. The number of carbonyl (C=O) groups is 1. The molecule has 5 heteroatoms. The van der Waals surface area contributed by atoms with Crippen molar-refractivity contribution in [1.82, 2.24) is 10.2 Å². The Bertz CT molecular complexity index is 513. The van der Waals surface area contributed by atoms with Crippen LogP contribution in [0.1, 0.15) is 24.8 Å². The lowest BCUT2D eigenvalue weighted by Crippen LogP contribution is -2.54. The van der Waals surface area contributed by atoms with E-state index in [1.54, 1.807) is 12.0 Å². The van der Waals surface area contributed by atoms with Crippen LogP contribution in [0.3, 0.4) is 0 Å². The van der Waals surface area contributed by atoms with Crippen molar-refractivity contribution in [2.75, 3.05) is 40.4 Å². The Balaban J connectivity index is 1.78. The SMILES string of the molecule is COC1(C(=O)N(C)CCCOc2ccccc2C)CCNCC1. The Labute approximate surface area is 139 Å². The fourth-order valence-electron chi connectivity index (χ4n) is 2.99. The van der Waals surface area contributed by atoms with Crippen LogP contribution in [0.4, 0.5) is 0 Å². The van der Waals surface area contributed by atoms with Crippen molar-refractivity contribution in [3.05, 3.63) is 29.8 Å². The Morgan fingerprint density at radius 2 is 2.00 bits per heavy atom. The Morgan fingerprint density at radius 1 is 1.30 bits per heavy atom. The zero-order valence-corrected chi connectivity index (χ0v) is 14.4. The molecule has 23 heavy (non-hydrogen) atoms. The highest BCUT2D eigenvalue weighted by Gasteiger charge is 2.41. The Hall–Kier alpha value is -1.59. The molecule has 1 amide bonds. The highest BCUT2D eigenvalue weighted by Crippen LogP contribution is 2.24. The molecule has 5 nitrogen and oxygen atoms in total. The molecule has 1 aliphatic heterocycles. The molecule has 2 rings (SSSR count). The molecule has 1 heterocycles. The number of hydrogen-bond acceptors (Lipinski definition) is 4. The minimum absolute atomic E-state index is 0.0809. The van der Waals surface area contributed by atoms with Crippen molar-refractivity contribution in [2.24, 2.45) is 0 Å². The van der Waals surface area contributed by atoms with Crippen molar-refractivity contribution < 1.29 is 14.3 Å². The summed E-state index contributed by atoms with van der Waals surface area (Å²) in [5.41, 5.74) is 0.474. The maximum atomic E-state index is 12.7. The van der Waals surface area contributed by atoms with E-state index in [-0.39, 0.29) is 5.91 Å². The topological polar surface area (TPSA) is 50.8 Å².